The molecule has 7 heteroatoms. The predicted molar refractivity (Wildman–Crippen MR) is 95.1 cm³/mol. The number of carbonyl (C=O) groups is 2. The fourth-order valence-corrected chi connectivity index (χ4v) is 3.37. The molecule has 0 bridgehead atoms. The first-order chi connectivity index (χ1) is 11.8. The maximum Gasteiger partial charge on any atom is 0.250 e. The molecule has 6 nitrogen and oxygen atoms in total. The van der Waals surface area contributed by atoms with Gasteiger partial charge in [-0.25, -0.2) is 4.39 Å². The minimum atomic E-state index is -0.680. The van der Waals surface area contributed by atoms with Crippen molar-refractivity contribution in [3.05, 3.63) is 41.4 Å². The number of fused-ring (bicyclic) bond motifs is 1. The lowest BCUT2D eigenvalue weighted by atomic mass is 10.0. The standard InChI is InChI=1S/C18H21FN4O2/c1-4-14(24)23-6-5-11(8-23)22-17-13(19)7-12(18(20)25)16-15(17)9(2)10(3)21-16/h4,7,11,21-22H,1,5-6,8H2,2-3H3,(H2,20,25)/t11-/m0/s1. The zero-order valence-electron chi connectivity index (χ0n) is 14.3. The van der Waals surface area contributed by atoms with Crippen LogP contribution in [0.2, 0.25) is 0 Å². The van der Waals surface area contributed by atoms with Gasteiger partial charge in [-0.05, 0) is 38.0 Å². The van der Waals surface area contributed by atoms with E-state index in [1.807, 2.05) is 13.8 Å². The van der Waals surface area contributed by atoms with Crippen LogP contribution >= 0.6 is 0 Å². The Kier molecular flexibility index (Phi) is 4.24. The third kappa shape index (κ3) is 2.86. The Morgan fingerprint density at radius 1 is 1.48 bits per heavy atom. The van der Waals surface area contributed by atoms with Crippen LogP contribution in [0.15, 0.2) is 18.7 Å². The lowest BCUT2D eigenvalue weighted by Crippen LogP contribution is -2.30. The van der Waals surface area contributed by atoms with Crippen LogP contribution in [0.25, 0.3) is 10.9 Å². The van der Waals surface area contributed by atoms with E-state index in [-0.39, 0.29) is 17.5 Å². The number of nitrogens with one attached hydrogen (secondary N) is 2. The fraction of sp³-hybridized carbons (Fsp3) is 0.333. The van der Waals surface area contributed by atoms with Gasteiger partial charge in [-0.2, -0.15) is 0 Å². The van der Waals surface area contributed by atoms with Gasteiger partial charge in [0.2, 0.25) is 5.91 Å². The van der Waals surface area contributed by atoms with Gasteiger partial charge in [0.1, 0.15) is 5.82 Å². The average Bonchev–Trinajstić information content (AvgIpc) is 3.15. The van der Waals surface area contributed by atoms with Crippen LogP contribution in [0.3, 0.4) is 0 Å². The van der Waals surface area contributed by atoms with E-state index in [2.05, 4.69) is 16.9 Å². The molecule has 3 rings (SSSR count). The number of halogens is 1. The highest BCUT2D eigenvalue weighted by atomic mass is 19.1. The normalized spacial score (nSPS) is 17.1. The summed E-state index contributed by atoms with van der Waals surface area (Å²) in [5.74, 6) is -1.34. The number of anilines is 1. The van der Waals surface area contributed by atoms with E-state index < -0.39 is 11.7 Å². The molecule has 1 atom stereocenters. The molecule has 1 aromatic heterocycles. The highest BCUT2D eigenvalue weighted by Gasteiger charge is 2.27. The summed E-state index contributed by atoms with van der Waals surface area (Å²) in [5.41, 5.74) is 8.09. The summed E-state index contributed by atoms with van der Waals surface area (Å²) in [7, 11) is 0. The number of hydrogen-bond donors (Lipinski definition) is 3. The van der Waals surface area contributed by atoms with Crippen molar-refractivity contribution in [1.29, 1.82) is 0 Å². The van der Waals surface area contributed by atoms with Crippen molar-refractivity contribution in [3.63, 3.8) is 0 Å². The van der Waals surface area contributed by atoms with Gasteiger partial charge in [-0.15, -0.1) is 0 Å². The quantitative estimate of drug-likeness (QED) is 0.743. The number of nitrogens with two attached hydrogens (primary N) is 1. The van der Waals surface area contributed by atoms with Crippen molar-refractivity contribution in [1.82, 2.24) is 9.88 Å². The number of aryl methyl sites for hydroxylation is 2. The molecule has 0 radical (unpaired) electrons. The molecule has 1 aromatic carbocycles. The maximum atomic E-state index is 14.7. The molecule has 4 N–H and O–H groups in total. The molecule has 0 saturated carbocycles. The Hall–Kier alpha value is -2.83. The maximum absolute atomic E-state index is 14.7. The van der Waals surface area contributed by atoms with Gasteiger partial charge < -0.3 is 20.9 Å². The van der Waals surface area contributed by atoms with Gasteiger partial charge >= 0.3 is 0 Å². The van der Waals surface area contributed by atoms with Gasteiger partial charge in [0.15, 0.2) is 0 Å². The van der Waals surface area contributed by atoms with Crippen molar-refractivity contribution >= 4 is 28.4 Å². The molecular formula is C18H21FN4O2. The second-order valence-corrected chi connectivity index (χ2v) is 6.39. The second kappa shape index (κ2) is 6.23. The van der Waals surface area contributed by atoms with Gasteiger partial charge in [-0.1, -0.05) is 6.58 Å². The van der Waals surface area contributed by atoms with Crippen molar-refractivity contribution in [2.75, 3.05) is 18.4 Å². The summed E-state index contributed by atoms with van der Waals surface area (Å²) in [4.78, 5) is 28.2. The number of aromatic nitrogens is 1. The summed E-state index contributed by atoms with van der Waals surface area (Å²) in [6.45, 7) is 8.29. The summed E-state index contributed by atoms with van der Waals surface area (Å²) in [6.07, 6.45) is 1.99. The molecule has 1 fully saturated rings. The number of rotatable bonds is 4. The molecule has 2 amide bonds. The Morgan fingerprint density at radius 3 is 2.84 bits per heavy atom. The van der Waals surface area contributed by atoms with E-state index in [9.17, 15) is 14.0 Å². The van der Waals surface area contributed by atoms with Crippen molar-refractivity contribution in [2.45, 2.75) is 26.3 Å². The van der Waals surface area contributed by atoms with Gasteiger partial charge in [0.05, 0.1) is 16.8 Å². The number of carbonyl (C=O) groups excluding carboxylic acids is 2. The topological polar surface area (TPSA) is 91.2 Å². The number of hydrogen-bond acceptors (Lipinski definition) is 3. The van der Waals surface area contributed by atoms with E-state index in [1.165, 1.54) is 6.08 Å². The fourth-order valence-electron chi connectivity index (χ4n) is 3.37. The van der Waals surface area contributed by atoms with Crippen LogP contribution in [-0.4, -0.2) is 40.8 Å². The Morgan fingerprint density at radius 2 is 2.20 bits per heavy atom. The Balaban J connectivity index is 2.01. The predicted octanol–water partition coefficient (Wildman–Crippen LogP) is 2.22. The molecule has 2 heterocycles. The van der Waals surface area contributed by atoms with Crippen molar-refractivity contribution in [3.8, 4) is 0 Å². The number of likely N-dealkylation sites (tertiary alicyclic amines) is 1. The first-order valence-electron chi connectivity index (χ1n) is 8.12. The number of nitrogens with zero attached hydrogens (tertiary/aromatic N) is 1. The molecule has 0 spiro atoms. The third-order valence-corrected chi connectivity index (χ3v) is 4.82. The highest BCUT2D eigenvalue weighted by molar-refractivity contribution is 6.10. The minimum absolute atomic E-state index is 0.0735. The monoisotopic (exact) mass is 344 g/mol. The van der Waals surface area contributed by atoms with Gasteiger partial charge in [0, 0.05) is 30.2 Å². The van der Waals surface area contributed by atoms with Crippen LogP contribution in [0.1, 0.15) is 28.0 Å². The van der Waals surface area contributed by atoms with E-state index in [0.717, 1.165) is 17.3 Å². The molecule has 2 aromatic rings. The zero-order chi connectivity index (χ0) is 18.3. The zero-order valence-corrected chi connectivity index (χ0v) is 14.3. The summed E-state index contributed by atoms with van der Waals surface area (Å²) >= 11 is 0. The van der Waals surface area contributed by atoms with Crippen LogP contribution in [0.4, 0.5) is 10.1 Å². The van der Waals surface area contributed by atoms with Crippen molar-refractivity contribution < 1.29 is 14.0 Å². The lowest BCUT2D eigenvalue weighted by Gasteiger charge is -2.18. The van der Waals surface area contributed by atoms with Crippen LogP contribution in [0, 0.1) is 19.7 Å². The lowest BCUT2D eigenvalue weighted by molar-refractivity contribution is -0.125. The molecule has 1 aliphatic rings. The number of primary amides is 1. The molecular weight excluding hydrogens is 323 g/mol. The molecule has 132 valence electrons. The highest BCUT2D eigenvalue weighted by Crippen LogP contribution is 2.34. The number of benzene rings is 1. The van der Waals surface area contributed by atoms with E-state index in [4.69, 9.17) is 5.73 Å². The SMILES string of the molecule is C=CC(=O)N1CC[C@H](Nc2c(F)cc(C(N)=O)c3[nH]c(C)c(C)c23)C1. The average molecular weight is 344 g/mol. The van der Waals surface area contributed by atoms with Crippen LogP contribution < -0.4 is 11.1 Å². The van der Waals surface area contributed by atoms with Crippen LogP contribution in [0.5, 0.6) is 0 Å². The van der Waals surface area contributed by atoms with Crippen LogP contribution in [-0.2, 0) is 4.79 Å². The molecule has 1 aliphatic heterocycles. The van der Waals surface area contributed by atoms with Crippen molar-refractivity contribution in [2.24, 2.45) is 5.73 Å². The second-order valence-electron chi connectivity index (χ2n) is 6.39. The molecule has 1 saturated heterocycles. The number of amides is 2. The largest absolute Gasteiger partial charge is 0.378 e. The first kappa shape index (κ1) is 17.0. The Bertz CT molecular complexity index is 887. The summed E-state index contributed by atoms with van der Waals surface area (Å²) < 4.78 is 14.7. The molecule has 0 aliphatic carbocycles. The number of aromatic amines is 1. The van der Waals surface area contributed by atoms with E-state index >= 15 is 0 Å². The third-order valence-electron chi connectivity index (χ3n) is 4.82. The summed E-state index contributed by atoms with van der Waals surface area (Å²) in [5, 5.41) is 3.83. The Labute approximate surface area is 144 Å². The van der Waals surface area contributed by atoms with Gasteiger partial charge in [0.25, 0.3) is 5.91 Å². The van der Waals surface area contributed by atoms with E-state index in [1.54, 1.807) is 4.90 Å². The smallest absolute Gasteiger partial charge is 0.250 e. The first-order valence-corrected chi connectivity index (χ1v) is 8.12. The molecule has 0 unspecified atom stereocenters. The summed E-state index contributed by atoms with van der Waals surface area (Å²) in [6, 6.07) is 1.08. The van der Waals surface area contributed by atoms with Gasteiger partial charge in [-0.3, -0.25) is 9.59 Å². The van der Waals surface area contributed by atoms with E-state index in [0.29, 0.717) is 36.1 Å². The minimum Gasteiger partial charge on any atom is -0.378 e. The molecule has 25 heavy (non-hydrogen) atoms. The number of H-pyrrole nitrogens is 1.